The fraction of sp³-hybridized carbons (Fsp3) is 0.875. The van der Waals surface area contributed by atoms with E-state index in [4.69, 9.17) is 0 Å². The van der Waals surface area contributed by atoms with Crippen molar-refractivity contribution >= 4 is 6.09 Å². The van der Waals surface area contributed by atoms with Crippen LogP contribution in [-0.4, -0.2) is 24.9 Å². The lowest BCUT2D eigenvalue weighted by molar-refractivity contribution is -0.160. The van der Waals surface area contributed by atoms with Crippen LogP contribution >= 0.6 is 0 Å². The molecule has 0 spiro atoms. The molecule has 0 atom stereocenters. The highest BCUT2D eigenvalue weighted by Crippen LogP contribution is 2.18. The minimum Gasteiger partial charge on any atom is -0.440 e. The zero-order valence-corrected chi connectivity index (χ0v) is 7.56. The fourth-order valence-electron chi connectivity index (χ4n) is 1.43. The number of ether oxygens (including phenoxy) is 1. The van der Waals surface area contributed by atoms with Crippen molar-refractivity contribution in [3.05, 3.63) is 0 Å². The van der Waals surface area contributed by atoms with Gasteiger partial charge in [0.15, 0.2) is 6.61 Å². The van der Waals surface area contributed by atoms with Crippen LogP contribution in [0.3, 0.4) is 0 Å². The van der Waals surface area contributed by atoms with Crippen LogP contribution in [0.15, 0.2) is 0 Å². The third-order valence-electron chi connectivity index (χ3n) is 2.04. The summed E-state index contributed by atoms with van der Waals surface area (Å²) in [6.07, 6.45) is -1.78. The van der Waals surface area contributed by atoms with Crippen LogP contribution in [0, 0.1) is 0 Å². The van der Waals surface area contributed by atoms with Crippen LogP contribution in [0.1, 0.15) is 25.7 Å². The Labute approximate surface area is 79.6 Å². The maximum absolute atomic E-state index is 11.6. The Balaban J connectivity index is 2.15. The molecule has 0 aromatic heterocycles. The summed E-state index contributed by atoms with van der Waals surface area (Å²) in [5, 5.41) is 2.39. The molecule has 1 rings (SSSR count). The maximum Gasteiger partial charge on any atom is 0.422 e. The van der Waals surface area contributed by atoms with Gasteiger partial charge in [0.2, 0.25) is 0 Å². The Bertz CT molecular complexity index is 199. The quantitative estimate of drug-likeness (QED) is 0.760. The first-order valence-electron chi connectivity index (χ1n) is 4.47. The summed E-state index contributed by atoms with van der Waals surface area (Å²) in [5.74, 6) is 0. The second kappa shape index (κ2) is 4.52. The third-order valence-corrected chi connectivity index (χ3v) is 2.04. The van der Waals surface area contributed by atoms with E-state index in [1.807, 2.05) is 0 Å². The number of nitrogens with one attached hydrogen (secondary N) is 1. The molecule has 1 N–H and O–H groups in total. The van der Waals surface area contributed by atoms with Gasteiger partial charge in [0, 0.05) is 6.04 Å². The molecule has 0 saturated heterocycles. The molecule has 1 aliphatic carbocycles. The molecule has 0 radical (unpaired) electrons. The molecule has 6 heteroatoms. The van der Waals surface area contributed by atoms with Crippen LogP contribution in [0.25, 0.3) is 0 Å². The minimum absolute atomic E-state index is 0.0178. The van der Waals surface area contributed by atoms with E-state index in [9.17, 15) is 18.0 Å². The van der Waals surface area contributed by atoms with Crippen LogP contribution < -0.4 is 5.32 Å². The van der Waals surface area contributed by atoms with Gasteiger partial charge in [-0.15, -0.1) is 0 Å². The Morgan fingerprint density at radius 1 is 1.36 bits per heavy atom. The van der Waals surface area contributed by atoms with Gasteiger partial charge in [-0.05, 0) is 12.8 Å². The molecule has 0 aromatic carbocycles. The van der Waals surface area contributed by atoms with E-state index in [0.29, 0.717) is 0 Å². The highest BCUT2D eigenvalue weighted by molar-refractivity contribution is 5.67. The van der Waals surface area contributed by atoms with Gasteiger partial charge in [0.25, 0.3) is 0 Å². The van der Waals surface area contributed by atoms with Crippen molar-refractivity contribution in [1.82, 2.24) is 5.32 Å². The maximum atomic E-state index is 11.6. The number of alkyl carbamates (subject to hydrolysis) is 1. The Hall–Kier alpha value is -0.940. The van der Waals surface area contributed by atoms with Gasteiger partial charge in [-0.1, -0.05) is 12.8 Å². The monoisotopic (exact) mass is 211 g/mol. The zero-order chi connectivity index (χ0) is 10.6. The van der Waals surface area contributed by atoms with Crippen molar-refractivity contribution in [1.29, 1.82) is 0 Å². The molecule has 1 saturated carbocycles. The molecule has 14 heavy (non-hydrogen) atoms. The number of rotatable bonds is 2. The first-order chi connectivity index (χ1) is 6.47. The average molecular weight is 211 g/mol. The van der Waals surface area contributed by atoms with Gasteiger partial charge in [0.1, 0.15) is 0 Å². The fourth-order valence-corrected chi connectivity index (χ4v) is 1.43. The number of hydrogen-bond donors (Lipinski definition) is 1. The molecular weight excluding hydrogens is 199 g/mol. The molecule has 0 aromatic rings. The number of carbonyl (C=O) groups excluding carboxylic acids is 1. The standard InChI is InChI=1S/C8H12F3NO2/c9-8(10,11)5-14-7(13)12-6-3-1-2-4-6/h6H,1-5H2,(H,12,13). The van der Waals surface area contributed by atoms with Crippen molar-refractivity contribution in [3.63, 3.8) is 0 Å². The summed E-state index contributed by atoms with van der Waals surface area (Å²) in [6, 6.07) is -0.0178. The molecule has 1 amide bonds. The van der Waals surface area contributed by atoms with E-state index in [1.54, 1.807) is 0 Å². The summed E-state index contributed by atoms with van der Waals surface area (Å²) in [7, 11) is 0. The zero-order valence-electron chi connectivity index (χ0n) is 7.56. The predicted molar refractivity (Wildman–Crippen MR) is 42.8 cm³/mol. The molecule has 1 fully saturated rings. The smallest absolute Gasteiger partial charge is 0.422 e. The Kier molecular flexibility index (Phi) is 3.60. The second-order valence-electron chi connectivity index (χ2n) is 3.32. The van der Waals surface area contributed by atoms with E-state index in [-0.39, 0.29) is 6.04 Å². The largest absolute Gasteiger partial charge is 0.440 e. The van der Waals surface area contributed by atoms with Gasteiger partial charge >= 0.3 is 12.3 Å². The molecular formula is C8H12F3NO2. The van der Waals surface area contributed by atoms with Crippen molar-refractivity contribution in [2.75, 3.05) is 6.61 Å². The number of hydrogen-bond acceptors (Lipinski definition) is 2. The molecule has 0 heterocycles. The second-order valence-corrected chi connectivity index (χ2v) is 3.32. The number of carbonyl (C=O) groups is 1. The number of amides is 1. The topological polar surface area (TPSA) is 38.3 Å². The summed E-state index contributed by atoms with van der Waals surface area (Å²) in [6.45, 7) is -1.52. The summed E-state index contributed by atoms with van der Waals surface area (Å²) in [4.78, 5) is 10.8. The lowest BCUT2D eigenvalue weighted by Crippen LogP contribution is -2.35. The minimum atomic E-state index is -4.45. The van der Waals surface area contributed by atoms with Crippen LogP contribution in [0.2, 0.25) is 0 Å². The highest BCUT2D eigenvalue weighted by atomic mass is 19.4. The molecule has 82 valence electrons. The normalized spacial score (nSPS) is 18.2. The summed E-state index contributed by atoms with van der Waals surface area (Å²) < 4.78 is 38.9. The molecule has 0 unspecified atom stereocenters. The highest BCUT2D eigenvalue weighted by Gasteiger charge is 2.30. The van der Waals surface area contributed by atoms with Crippen molar-refractivity contribution < 1.29 is 22.7 Å². The molecule has 1 aliphatic rings. The lowest BCUT2D eigenvalue weighted by Gasteiger charge is -2.12. The van der Waals surface area contributed by atoms with Crippen molar-refractivity contribution in [2.45, 2.75) is 37.9 Å². The molecule has 0 aliphatic heterocycles. The summed E-state index contributed by atoms with van der Waals surface area (Å²) >= 11 is 0. The lowest BCUT2D eigenvalue weighted by atomic mass is 10.3. The van der Waals surface area contributed by atoms with Gasteiger partial charge in [-0.2, -0.15) is 13.2 Å². The number of halogens is 3. The van der Waals surface area contributed by atoms with E-state index >= 15 is 0 Å². The Morgan fingerprint density at radius 3 is 2.43 bits per heavy atom. The predicted octanol–water partition coefficient (Wildman–Crippen LogP) is 2.22. The molecule has 3 nitrogen and oxygen atoms in total. The SMILES string of the molecule is O=C(NC1CCCC1)OCC(F)(F)F. The first kappa shape index (κ1) is 11.1. The Morgan fingerprint density at radius 2 is 1.93 bits per heavy atom. The summed E-state index contributed by atoms with van der Waals surface area (Å²) in [5.41, 5.74) is 0. The molecule has 0 bridgehead atoms. The van der Waals surface area contributed by atoms with Gasteiger partial charge in [0.05, 0.1) is 0 Å². The van der Waals surface area contributed by atoms with Gasteiger partial charge in [-0.25, -0.2) is 4.79 Å². The van der Waals surface area contributed by atoms with E-state index in [1.165, 1.54) is 0 Å². The van der Waals surface area contributed by atoms with Crippen molar-refractivity contribution in [3.8, 4) is 0 Å². The van der Waals surface area contributed by atoms with E-state index < -0.39 is 18.9 Å². The first-order valence-corrected chi connectivity index (χ1v) is 4.47. The van der Waals surface area contributed by atoms with Crippen molar-refractivity contribution in [2.24, 2.45) is 0 Å². The third kappa shape index (κ3) is 4.34. The van der Waals surface area contributed by atoms with Crippen LogP contribution in [-0.2, 0) is 4.74 Å². The van der Waals surface area contributed by atoms with Crippen LogP contribution in [0.4, 0.5) is 18.0 Å². The van der Waals surface area contributed by atoms with Crippen LogP contribution in [0.5, 0.6) is 0 Å². The van der Waals surface area contributed by atoms with Gasteiger partial charge < -0.3 is 10.1 Å². The van der Waals surface area contributed by atoms with Gasteiger partial charge in [-0.3, -0.25) is 0 Å². The van der Waals surface area contributed by atoms with E-state index in [2.05, 4.69) is 10.1 Å². The number of alkyl halides is 3. The van der Waals surface area contributed by atoms with E-state index in [0.717, 1.165) is 25.7 Å². The average Bonchev–Trinajstić information content (AvgIpc) is 2.52.